The summed E-state index contributed by atoms with van der Waals surface area (Å²) >= 11 is 0. The Morgan fingerprint density at radius 2 is 1.79 bits per heavy atom. The van der Waals surface area contributed by atoms with Gasteiger partial charge in [-0.25, -0.2) is 0 Å². The summed E-state index contributed by atoms with van der Waals surface area (Å²) in [6, 6.07) is 0. The maximum Gasteiger partial charge on any atom is 0.187 e. The Kier molecular flexibility index (Phi) is 13.0. The van der Waals surface area contributed by atoms with Gasteiger partial charge in [0, 0.05) is 30.8 Å². The number of aliphatic hydroxyl groups is 7. The molecular weight excluding hydrogens is 773 g/mol. The van der Waals surface area contributed by atoms with E-state index in [1.54, 1.807) is 16.9 Å². The zero-order chi connectivity index (χ0) is 40.1. The van der Waals surface area contributed by atoms with Gasteiger partial charge in [0.05, 0.1) is 37.0 Å². The molecule has 8 rings (SSSR count). The summed E-state index contributed by atoms with van der Waals surface area (Å²) in [6.45, 7) is 0.292. The smallest absolute Gasteiger partial charge is 0.187 e. The second-order valence-corrected chi connectivity index (χ2v) is 21.3. The van der Waals surface area contributed by atoms with Crippen molar-refractivity contribution in [3.63, 3.8) is 0 Å². The number of ketones is 2. The average molecular weight is 838 g/mol. The van der Waals surface area contributed by atoms with Crippen LogP contribution in [-0.2, 0) is 19.1 Å². The molecule has 8 aliphatic rings. The maximum atomic E-state index is 15.7. The number of allylic oxidation sites excluding steroid dienone is 4. The number of carbonyl (C=O) groups is 2. The van der Waals surface area contributed by atoms with Crippen LogP contribution in [0.3, 0.4) is 0 Å². The predicted octanol–water partition coefficient (Wildman–Crippen LogP) is 1.84. The van der Waals surface area contributed by atoms with Crippen molar-refractivity contribution in [3.8, 4) is 0 Å². The Labute approximate surface area is 343 Å². The molecule has 0 radical (unpaired) electrons. The van der Waals surface area contributed by atoms with Gasteiger partial charge in [0.25, 0.3) is 0 Å². The number of piperidine rings is 1. The Morgan fingerprint density at radius 1 is 0.982 bits per heavy atom. The van der Waals surface area contributed by atoms with Crippen molar-refractivity contribution >= 4 is 33.2 Å². The molecule has 10 N–H and O–H groups in total. The van der Waals surface area contributed by atoms with E-state index in [1.807, 2.05) is 6.08 Å². The molecule has 0 amide bonds. The van der Waals surface area contributed by atoms with E-state index in [-0.39, 0.29) is 60.9 Å². The number of carbonyl (C=O) groups excluding carboxylic acids is 2. The van der Waals surface area contributed by atoms with Crippen LogP contribution in [-0.4, -0.2) is 127 Å². The lowest BCUT2D eigenvalue weighted by Crippen LogP contribution is -2.95. The molecule has 0 aromatic heterocycles. The highest BCUT2D eigenvalue weighted by Gasteiger charge is 2.70. The highest BCUT2D eigenvalue weighted by atomic mass is 33.1. The number of hydrogen-bond acceptors (Lipinski definition) is 14. The van der Waals surface area contributed by atoms with E-state index in [4.69, 9.17) is 9.47 Å². The van der Waals surface area contributed by atoms with E-state index in [1.165, 1.54) is 10.8 Å². The number of quaternary nitrogens is 1. The minimum Gasteiger partial charge on any atom is -0.511 e. The van der Waals surface area contributed by atoms with Crippen molar-refractivity contribution in [1.82, 2.24) is 5.32 Å². The molecule has 7 bridgehead atoms. The van der Waals surface area contributed by atoms with Crippen molar-refractivity contribution < 1.29 is 60.1 Å². The van der Waals surface area contributed by atoms with Crippen molar-refractivity contribution in [3.05, 3.63) is 23.5 Å². The van der Waals surface area contributed by atoms with Gasteiger partial charge in [0.15, 0.2) is 12.1 Å². The molecule has 0 aromatic carbocycles. The lowest BCUT2D eigenvalue weighted by atomic mass is 9.50. The Hall–Kier alpha value is -1.08. The van der Waals surface area contributed by atoms with Gasteiger partial charge in [0.2, 0.25) is 0 Å². The fraction of sp³-hybridized carbons (Fsp3) is 0.857. The summed E-state index contributed by atoms with van der Waals surface area (Å²) in [5.41, 5.74) is -4.43. The molecule has 1 spiro atoms. The van der Waals surface area contributed by atoms with Crippen LogP contribution >= 0.6 is 21.6 Å². The number of rotatable bonds is 7. The van der Waals surface area contributed by atoms with E-state index in [0.29, 0.717) is 57.2 Å². The Bertz CT molecular complexity index is 1550. The van der Waals surface area contributed by atoms with Crippen LogP contribution in [0, 0.1) is 46.8 Å². The third kappa shape index (κ3) is 7.43. The first kappa shape index (κ1) is 42.6. The lowest BCUT2D eigenvalue weighted by Gasteiger charge is -2.61. The van der Waals surface area contributed by atoms with Gasteiger partial charge in [0.1, 0.15) is 46.5 Å². The molecule has 7 fully saturated rings. The lowest BCUT2D eigenvalue weighted by molar-refractivity contribution is -0.704. The van der Waals surface area contributed by atoms with Crippen molar-refractivity contribution in [2.45, 2.75) is 144 Å². The molecule has 3 heterocycles. The minimum absolute atomic E-state index is 0.0771. The van der Waals surface area contributed by atoms with Gasteiger partial charge in [-0.2, -0.15) is 0 Å². The quantitative estimate of drug-likeness (QED) is 0.167. The first-order valence-corrected chi connectivity index (χ1v) is 24.2. The molecule has 3 aliphatic heterocycles. The van der Waals surface area contributed by atoms with Crippen molar-refractivity contribution in [2.24, 2.45) is 46.8 Å². The van der Waals surface area contributed by atoms with Crippen LogP contribution < -0.4 is 10.6 Å². The van der Waals surface area contributed by atoms with E-state index in [2.05, 4.69) is 10.6 Å². The largest absolute Gasteiger partial charge is 0.511 e. The molecule has 3 saturated heterocycles. The van der Waals surface area contributed by atoms with Gasteiger partial charge >= 0.3 is 0 Å². The molecule has 16 atom stereocenters. The molecule has 320 valence electrons. The standard InChI is InChI=1S/C42H64N2O11S2/c45-13-3-8-32-41-29(17-26(18-31(41)48)15-23-4-1-5-25(14-23)20-46)35(49)28-6-2-7-30(34(28)36(41)50)54-38-37(51)42(53)27(9-11-40(21-47,55-38)39(42)52)16-24-10-12-43-33(19-24)44-22-56-57-32/h17-18,23-25,27-30,32-34,37-39,43-48,51-53H,1-16,19-22H2/p+1. The number of nitrogens with one attached hydrogen (secondary N) is 1. The monoisotopic (exact) mass is 837 g/mol. The fourth-order valence-electron chi connectivity index (χ4n) is 12.7. The summed E-state index contributed by atoms with van der Waals surface area (Å²) in [7, 11) is 3.05. The van der Waals surface area contributed by atoms with Gasteiger partial charge in [-0.3, -0.25) is 14.9 Å². The zero-order valence-corrected chi connectivity index (χ0v) is 34.6. The van der Waals surface area contributed by atoms with Crippen LogP contribution in [0.25, 0.3) is 0 Å². The zero-order valence-electron chi connectivity index (χ0n) is 33.0. The number of fused-ring (bicyclic) bond motifs is 4. The Balaban J connectivity index is 1.19. The average Bonchev–Trinajstić information content (AvgIpc) is 3.21. The van der Waals surface area contributed by atoms with E-state index < -0.39 is 76.7 Å². The molecule has 13 nitrogen and oxygen atoms in total. The van der Waals surface area contributed by atoms with E-state index in [9.17, 15) is 35.7 Å². The van der Waals surface area contributed by atoms with E-state index in [0.717, 1.165) is 50.6 Å². The maximum absolute atomic E-state index is 15.7. The first-order chi connectivity index (χ1) is 27.5. The molecule has 57 heavy (non-hydrogen) atoms. The molecular formula is C42H65N2O11S2+. The van der Waals surface area contributed by atoms with Crippen LogP contribution in [0.2, 0.25) is 0 Å². The van der Waals surface area contributed by atoms with Gasteiger partial charge in [-0.15, -0.1) is 0 Å². The first-order valence-electron chi connectivity index (χ1n) is 21.8. The normalized spacial score (nSPS) is 47.9. The summed E-state index contributed by atoms with van der Waals surface area (Å²) in [5.74, 6) is -2.39. The van der Waals surface area contributed by atoms with Crippen LogP contribution in [0.4, 0.5) is 0 Å². The van der Waals surface area contributed by atoms with Crippen molar-refractivity contribution in [1.29, 1.82) is 0 Å². The molecule has 15 heteroatoms. The summed E-state index contributed by atoms with van der Waals surface area (Å²) in [4.78, 5) is 30.9. The van der Waals surface area contributed by atoms with Crippen LogP contribution in [0.5, 0.6) is 0 Å². The molecule has 5 aliphatic carbocycles. The second-order valence-electron chi connectivity index (χ2n) is 18.8. The third-order valence-corrected chi connectivity index (χ3v) is 18.3. The third-order valence-electron chi connectivity index (χ3n) is 15.6. The fourth-order valence-corrected chi connectivity index (χ4v) is 15.6. The van der Waals surface area contributed by atoms with Crippen molar-refractivity contribution in [2.75, 3.05) is 32.2 Å². The Morgan fingerprint density at radius 3 is 2.58 bits per heavy atom. The van der Waals surface area contributed by atoms with Gasteiger partial charge in [-0.1, -0.05) is 46.9 Å². The highest BCUT2D eigenvalue weighted by molar-refractivity contribution is 8.76. The van der Waals surface area contributed by atoms with E-state index >= 15 is 9.59 Å². The number of aliphatic hydroxyl groups excluding tert-OH is 6. The topological polar surface area (TPSA) is 223 Å². The number of ether oxygens (including phenoxy) is 2. The second kappa shape index (κ2) is 17.4. The van der Waals surface area contributed by atoms with Gasteiger partial charge in [-0.05, 0) is 106 Å². The molecule has 0 aromatic rings. The van der Waals surface area contributed by atoms with Crippen LogP contribution in [0.1, 0.15) is 96.3 Å². The predicted molar refractivity (Wildman–Crippen MR) is 213 cm³/mol. The summed E-state index contributed by atoms with van der Waals surface area (Å²) in [5, 5.41) is 84.8. The molecule has 4 saturated carbocycles. The number of Topliss-reactive ketones (excluding diaryl/α,β-unsaturated/α-hetero) is 2. The summed E-state index contributed by atoms with van der Waals surface area (Å²) in [6.07, 6.45) is 7.68. The van der Waals surface area contributed by atoms with Gasteiger partial charge < -0.3 is 50.5 Å². The highest BCUT2D eigenvalue weighted by Crippen LogP contribution is 2.60. The minimum atomic E-state index is -2.05. The number of nitrogens with two attached hydrogens (primary N) is 1. The summed E-state index contributed by atoms with van der Waals surface area (Å²) < 4.78 is 13.0. The molecule has 16 unspecified atom stereocenters. The number of hydrogen-bond donors (Lipinski definition) is 9. The van der Waals surface area contributed by atoms with Crippen LogP contribution in [0.15, 0.2) is 23.5 Å². The SMILES string of the molecule is O=C1C2CCCC3OC4OC5(CO)CCC(CC6CC[NH2+]C(C6)NCSSC(CCCO)C6(C(=O)C32)C(O)=CC(CC2CCCC(CO)C2)=CC16)C(O)(C4O)C5O.